The first-order chi connectivity index (χ1) is 21.8. The number of piperazine rings is 1. The van der Waals surface area contributed by atoms with Crippen LogP contribution in [0.1, 0.15) is 0 Å². The molecule has 1 aliphatic rings. The van der Waals surface area contributed by atoms with Crippen molar-refractivity contribution in [2.75, 3.05) is 69.2 Å². The van der Waals surface area contributed by atoms with E-state index in [1.165, 1.54) is 0 Å². The summed E-state index contributed by atoms with van der Waals surface area (Å²) < 4.78 is 24.9. The predicted molar refractivity (Wildman–Crippen MR) is 179 cm³/mol. The van der Waals surface area contributed by atoms with Crippen LogP contribution in [0.2, 0.25) is 0 Å². The molecule has 1 aliphatic heterocycles. The van der Waals surface area contributed by atoms with Crippen LogP contribution in [0.4, 0.5) is 28.8 Å². The summed E-state index contributed by atoms with van der Waals surface area (Å²) in [5.41, 5.74) is 6.33. The average Bonchev–Trinajstić information content (AvgIpc) is 3.74. The minimum atomic E-state index is -2.77. The second-order valence-electron chi connectivity index (χ2n) is 11.5. The van der Waals surface area contributed by atoms with Gasteiger partial charge in [0.2, 0.25) is 5.95 Å². The van der Waals surface area contributed by atoms with E-state index in [-0.39, 0.29) is 0 Å². The van der Waals surface area contributed by atoms with Gasteiger partial charge in [0.25, 0.3) is 0 Å². The van der Waals surface area contributed by atoms with Crippen molar-refractivity contribution < 1.29 is 13.7 Å². The van der Waals surface area contributed by atoms with E-state index in [2.05, 4.69) is 54.6 Å². The molecule has 0 amide bonds. The lowest BCUT2D eigenvalue weighted by Crippen LogP contribution is -2.44. The molecule has 230 valence electrons. The van der Waals surface area contributed by atoms with Gasteiger partial charge >= 0.3 is 0 Å². The van der Waals surface area contributed by atoms with Crippen LogP contribution in [0, 0.1) is 0 Å². The Balaban J connectivity index is 1.30. The number of hydrogen-bond acceptors (Lipinski definition) is 11. The molecule has 5 heterocycles. The number of H-pyrrole nitrogens is 1. The first-order valence-electron chi connectivity index (χ1n) is 14.6. The third kappa shape index (κ3) is 5.58. The lowest BCUT2D eigenvalue weighted by atomic mass is 10.0. The maximum absolute atomic E-state index is 13.5. The summed E-state index contributed by atoms with van der Waals surface area (Å²) in [5, 5.41) is 8.25. The van der Waals surface area contributed by atoms with E-state index in [0.717, 1.165) is 48.4 Å². The quantitative estimate of drug-likeness (QED) is 0.181. The van der Waals surface area contributed by atoms with Crippen molar-refractivity contribution in [3.05, 3.63) is 67.5 Å². The van der Waals surface area contributed by atoms with E-state index in [1.54, 1.807) is 45.4 Å². The van der Waals surface area contributed by atoms with Crippen LogP contribution < -0.4 is 25.6 Å². The van der Waals surface area contributed by atoms with Gasteiger partial charge < -0.3 is 39.1 Å². The average molecular weight is 624 g/mol. The molecule has 0 unspecified atom stereocenters. The molecule has 1 saturated heterocycles. The number of anilines is 5. The first kappa shape index (κ1) is 28.8. The zero-order valence-electron chi connectivity index (χ0n) is 25.5. The topological polar surface area (TPSA) is 137 Å². The number of nitrogens with zero attached hydrogens (tertiary/aromatic N) is 6. The maximum Gasteiger partial charge on any atom is 0.231 e. The Kier molecular flexibility index (Phi) is 7.39. The highest BCUT2D eigenvalue weighted by Crippen LogP contribution is 2.43. The SMILES string of the molecule is COc1cc(N2CCN(C)CC2)c(-c2ccoc2)cc1Nc1nc(Nc2ccc3nccnc3c2P(C)(C)=O)c2cc[nH]c2n1. The summed E-state index contributed by atoms with van der Waals surface area (Å²) >= 11 is 0. The Hall–Kier alpha value is -4.93. The number of ether oxygens (including phenoxy) is 1. The van der Waals surface area contributed by atoms with Gasteiger partial charge in [-0.1, -0.05) is 0 Å². The van der Waals surface area contributed by atoms with Crippen molar-refractivity contribution in [3.8, 4) is 16.9 Å². The largest absolute Gasteiger partial charge is 0.494 e. The maximum atomic E-state index is 13.5. The summed E-state index contributed by atoms with van der Waals surface area (Å²) in [6.07, 6.45) is 8.49. The molecule has 3 N–H and O–H groups in total. The third-order valence-electron chi connectivity index (χ3n) is 8.06. The number of fused-ring (bicyclic) bond motifs is 2. The second kappa shape index (κ2) is 11.5. The molecule has 13 heteroatoms. The molecule has 45 heavy (non-hydrogen) atoms. The van der Waals surface area contributed by atoms with E-state index >= 15 is 0 Å². The molecular weight excluding hydrogens is 589 g/mol. The molecule has 12 nitrogen and oxygen atoms in total. The minimum Gasteiger partial charge on any atom is -0.494 e. The highest BCUT2D eigenvalue weighted by molar-refractivity contribution is 7.71. The number of benzene rings is 2. The number of rotatable bonds is 8. The molecule has 7 rings (SSSR count). The lowest BCUT2D eigenvalue weighted by Gasteiger charge is -2.35. The van der Waals surface area contributed by atoms with E-state index in [9.17, 15) is 4.57 Å². The molecular formula is C32H34N9O3P. The monoisotopic (exact) mass is 623 g/mol. The molecule has 0 radical (unpaired) electrons. The van der Waals surface area contributed by atoms with Gasteiger partial charge in [0.05, 0.1) is 47.2 Å². The van der Waals surface area contributed by atoms with Gasteiger partial charge in [-0.25, -0.2) is 0 Å². The predicted octanol–water partition coefficient (Wildman–Crippen LogP) is 5.66. The summed E-state index contributed by atoms with van der Waals surface area (Å²) in [6.45, 7) is 7.23. The molecule has 0 spiro atoms. The van der Waals surface area contributed by atoms with Crippen LogP contribution in [0.5, 0.6) is 5.75 Å². The number of aromatic nitrogens is 5. The smallest absolute Gasteiger partial charge is 0.231 e. The van der Waals surface area contributed by atoms with Crippen LogP contribution in [-0.2, 0) is 4.57 Å². The fraction of sp³-hybridized carbons (Fsp3) is 0.250. The summed E-state index contributed by atoms with van der Waals surface area (Å²) in [7, 11) is 1.03. The summed E-state index contributed by atoms with van der Waals surface area (Å²) in [4.78, 5) is 26.5. The number of nitrogens with one attached hydrogen (secondary N) is 3. The Morgan fingerprint density at radius 2 is 1.80 bits per heavy atom. The van der Waals surface area contributed by atoms with Crippen LogP contribution >= 0.6 is 7.14 Å². The molecule has 4 aromatic heterocycles. The van der Waals surface area contributed by atoms with Gasteiger partial charge in [0, 0.05) is 67.7 Å². The van der Waals surface area contributed by atoms with Gasteiger partial charge in [-0.15, -0.1) is 0 Å². The lowest BCUT2D eigenvalue weighted by molar-refractivity contribution is 0.313. The van der Waals surface area contributed by atoms with Crippen LogP contribution in [0.15, 0.2) is 71.9 Å². The van der Waals surface area contributed by atoms with Crippen molar-refractivity contribution in [2.45, 2.75) is 0 Å². The molecule has 0 atom stereocenters. The molecule has 6 aromatic rings. The zero-order valence-corrected chi connectivity index (χ0v) is 26.4. The molecule has 0 saturated carbocycles. The van der Waals surface area contributed by atoms with Crippen molar-refractivity contribution in [3.63, 3.8) is 0 Å². The van der Waals surface area contributed by atoms with E-state index < -0.39 is 7.14 Å². The highest BCUT2D eigenvalue weighted by Gasteiger charge is 2.24. The third-order valence-corrected chi connectivity index (χ3v) is 9.59. The number of furan rings is 1. The first-order valence-corrected chi connectivity index (χ1v) is 17.2. The van der Waals surface area contributed by atoms with Gasteiger partial charge in [-0.2, -0.15) is 9.97 Å². The van der Waals surface area contributed by atoms with Gasteiger partial charge in [0.1, 0.15) is 29.9 Å². The van der Waals surface area contributed by atoms with Crippen LogP contribution in [0.25, 0.3) is 33.2 Å². The Bertz CT molecular complexity index is 2050. The fourth-order valence-electron chi connectivity index (χ4n) is 5.80. The van der Waals surface area contributed by atoms with Gasteiger partial charge in [0.15, 0.2) is 0 Å². The standard InChI is InChI=1S/C32H34N9O3P/c1-40-12-14-41(15-13-40)26-18-27(43-2)25(17-22(26)20-8-16-44-19-20)37-32-38-30-21(7-9-35-30)31(39-32)36-24-6-5-23-28(34-11-10-33-23)29(24)45(3,4)42/h5-11,16-19H,12-15H2,1-4H3,(H3,35,36,37,38,39). The Morgan fingerprint density at radius 3 is 2.56 bits per heavy atom. The Morgan fingerprint density at radius 1 is 0.978 bits per heavy atom. The molecule has 1 fully saturated rings. The van der Waals surface area contributed by atoms with Crippen molar-refractivity contribution in [2.24, 2.45) is 0 Å². The summed E-state index contributed by atoms with van der Waals surface area (Å²) in [5.74, 6) is 1.56. The van der Waals surface area contributed by atoms with Crippen LogP contribution in [-0.4, -0.2) is 83.5 Å². The van der Waals surface area contributed by atoms with Crippen molar-refractivity contribution >= 4 is 63.3 Å². The number of likely N-dealkylation sites (N-methyl/N-ethyl adjacent to an activating group) is 1. The normalized spacial score (nSPS) is 14.3. The Labute approximate surface area is 260 Å². The molecule has 2 aromatic carbocycles. The van der Waals surface area contributed by atoms with Gasteiger partial charge in [-0.3, -0.25) is 9.97 Å². The fourth-order valence-corrected chi connectivity index (χ4v) is 7.19. The number of hydrogen-bond donors (Lipinski definition) is 3. The van der Waals surface area contributed by atoms with Gasteiger partial charge in [-0.05, 0) is 50.7 Å². The zero-order chi connectivity index (χ0) is 31.1. The van der Waals surface area contributed by atoms with E-state index in [1.807, 2.05) is 30.5 Å². The molecule has 0 bridgehead atoms. The summed E-state index contributed by atoms with van der Waals surface area (Å²) in [6, 6.07) is 11.7. The van der Waals surface area contributed by atoms with E-state index in [0.29, 0.717) is 50.9 Å². The highest BCUT2D eigenvalue weighted by atomic mass is 31.2. The number of methoxy groups -OCH3 is 1. The number of aromatic amines is 1. The van der Waals surface area contributed by atoms with Crippen LogP contribution in [0.3, 0.4) is 0 Å². The second-order valence-corrected chi connectivity index (χ2v) is 14.6. The van der Waals surface area contributed by atoms with E-state index in [4.69, 9.17) is 19.1 Å². The molecule has 0 aliphatic carbocycles. The minimum absolute atomic E-state index is 0.356. The van der Waals surface area contributed by atoms with Crippen molar-refractivity contribution in [1.29, 1.82) is 0 Å². The van der Waals surface area contributed by atoms with Crippen molar-refractivity contribution in [1.82, 2.24) is 29.8 Å².